The number of benzene rings is 1. The van der Waals surface area contributed by atoms with E-state index in [2.05, 4.69) is 25.9 Å². The highest BCUT2D eigenvalue weighted by Crippen LogP contribution is 2.37. The van der Waals surface area contributed by atoms with Gasteiger partial charge in [-0.3, -0.25) is 0 Å². The maximum atomic E-state index is 13.4. The van der Waals surface area contributed by atoms with Gasteiger partial charge in [0.1, 0.15) is 0 Å². The highest BCUT2D eigenvalue weighted by Gasteiger charge is 2.40. The molecule has 0 saturated carbocycles. The number of hydrogen-bond acceptors (Lipinski definition) is 5. The predicted octanol–water partition coefficient (Wildman–Crippen LogP) is 6.68. The van der Waals surface area contributed by atoms with Crippen LogP contribution < -0.4 is 4.90 Å². The molecule has 198 valence electrons. The molecule has 1 saturated heterocycles. The van der Waals surface area contributed by atoms with Gasteiger partial charge in [-0.25, -0.2) is 14.8 Å². The average Bonchev–Trinajstić information content (AvgIpc) is 3.21. The number of carbonyl (C=O) groups is 1. The van der Waals surface area contributed by atoms with Crippen molar-refractivity contribution in [3.63, 3.8) is 0 Å². The Morgan fingerprint density at radius 2 is 1.67 bits per heavy atom. The summed E-state index contributed by atoms with van der Waals surface area (Å²) in [5, 5.41) is 0. The molecule has 36 heavy (non-hydrogen) atoms. The first-order valence-electron chi connectivity index (χ1n) is 11.2. The lowest BCUT2D eigenvalue weighted by Crippen LogP contribution is -2.41. The first-order chi connectivity index (χ1) is 16.7. The quantitative estimate of drug-likeness (QED) is 0.355. The van der Waals surface area contributed by atoms with Gasteiger partial charge in [-0.1, -0.05) is 6.92 Å². The fraction of sp³-hybridized carbons (Fsp3) is 0.522. The Bertz CT molecular complexity index is 1030. The van der Waals surface area contributed by atoms with Crippen LogP contribution in [0.15, 0.2) is 35.1 Å². The SMILES string of the molecule is CCC1CC(N(Cc2cc(C(F)(F)F)cc(C(F)(F)F)c2)c2ncc(Br)cn2)CN1C(=O)OC(C)C. The fourth-order valence-electron chi connectivity index (χ4n) is 4.12. The number of alkyl halides is 6. The third-order valence-electron chi connectivity index (χ3n) is 5.74. The normalized spacial score (nSPS) is 18.6. The van der Waals surface area contributed by atoms with Gasteiger partial charge in [-0.2, -0.15) is 26.3 Å². The number of halogens is 7. The second-order valence-corrected chi connectivity index (χ2v) is 9.70. The number of likely N-dealkylation sites (tertiary alicyclic amines) is 1. The molecule has 13 heteroatoms. The van der Waals surface area contributed by atoms with Gasteiger partial charge in [0.05, 0.1) is 27.7 Å². The second-order valence-electron chi connectivity index (χ2n) is 8.78. The summed E-state index contributed by atoms with van der Waals surface area (Å²) in [6.45, 7) is 5.11. The molecule has 2 atom stereocenters. The topological polar surface area (TPSA) is 58.6 Å². The summed E-state index contributed by atoms with van der Waals surface area (Å²) in [7, 11) is 0. The van der Waals surface area contributed by atoms with Crippen LogP contribution >= 0.6 is 15.9 Å². The Morgan fingerprint density at radius 1 is 1.11 bits per heavy atom. The molecule has 3 rings (SSSR count). The Hall–Kier alpha value is -2.57. The Kier molecular flexibility index (Phi) is 8.41. The summed E-state index contributed by atoms with van der Waals surface area (Å²) >= 11 is 3.22. The van der Waals surface area contributed by atoms with E-state index in [9.17, 15) is 31.1 Å². The van der Waals surface area contributed by atoms with Gasteiger partial charge >= 0.3 is 18.4 Å². The third kappa shape index (κ3) is 6.80. The van der Waals surface area contributed by atoms with Crippen LogP contribution in [-0.4, -0.2) is 45.7 Å². The predicted molar refractivity (Wildman–Crippen MR) is 123 cm³/mol. The van der Waals surface area contributed by atoms with Gasteiger partial charge in [-0.05, 0) is 66.4 Å². The van der Waals surface area contributed by atoms with E-state index in [0.29, 0.717) is 29.4 Å². The summed E-state index contributed by atoms with van der Waals surface area (Å²) in [6, 6.07) is 0.776. The van der Waals surface area contributed by atoms with E-state index in [4.69, 9.17) is 4.74 Å². The van der Waals surface area contributed by atoms with Crippen LogP contribution in [0.4, 0.5) is 37.1 Å². The van der Waals surface area contributed by atoms with Crippen LogP contribution in [0.25, 0.3) is 0 Å². The largest absolute Gasteiger partial charge is 0.447 e. The van der Waals surface area contributed by atoms with Gasteiger partial charge in [0, 0.05) is 31.5 Å². The van der Waals surface area contributed by atoms with Gasteiger partial charge in [-0.15, -0.1) is 0 Å². The summed E-state index contributed by atoms with van der Waals surface area (Å²) in [5.41, 5.74) is -3.01. The molecule has 1 aromatic heterocycles. The summed E-state index contributed by atoms with van der Waals surface area (Å²) < 4.78 is 86.4. The molecule has 0 spiro atoms. The summed E-state index contributed by atoms with van der Waals surface area (Å²) in [4.78, 5) is 24.1. The van der Waals surface area contributed by atoms with Gasteiger partial charge in [0.15, 0.2) is 0 Å². The number of ether oxygens (including phenoxy) is 1. The van der Waals surface area contributed by atoms with Crippen LogP contribution in [0, 0.1) is 0 Å². The minimum absolute atomic E-state index is 0.0936. The van der Waals surface area contributed by atoms with Crippen molar-refractivity contribution in [2.24, 2.45) is 0 Å². The van der Waals surface area contributed by atoms with E-state index in [1.54, 1.807) is 13.8 Å². The molecule has 2 heterocycles. The molecule has 0 aliphatic carbocycles. The first kappa shape index (κ1) is 28.0. The monoisotopic (exact) mass is 582 g/mol. The average molecular weight is 583 g/mol. The van der Waals surface area contributed by atoms with Crippen molar-refractivity contribution in [3.05, 3.63) is 51.8 Å². The van der Waals surface area contributed by atoms with Crippen LogP contribution in [0.1, 0.15) is 50.3 Å². The van der Waals surface area contributed by atoms with Crippen molar-refractivity contribution >= 4 is 28.0 Å². The van der Waals surface area contributed by atoms with Crippen LogP contribution in [0.2, 0.25) is 0 Å². The highest BCUT2D eigenvalue weighted by molar-refractivity contribution is 9.10. The maximum absolute atomic E-state index is 13.4. The molecule has 6 nitrogen and oxygen atoms in total. The number of amides is 1. The maximum Gasteiger partial charge on any atom is 0.416 e. The molecule has 0 N–H and O–H groups in total. The first-order valence-corrected chi connectivity index (χ1v) is 12.0. The molecule has 2 unspecified atom stereocenters. The van der Waals surface area contributed by atoms with E-state index in [-0.39, 0.29) is 42.8 Å². The lowest BCUT2D eigenvalue weighted by Gasteiger charge is -2.29. The Morgan fingerprint density at radius 3 is 2.14 bits per heavy atom. The van der Waals surface area contributed by atoms with Gasteiger partial charge < -0.3 is 14.5 Å². The number of carbonyl (C=O) groups excluding carboxylic acids is 1. The molecule has 2 aromatic rings. The van der Waals surface area contributed by atoms with Crippen LogP contribution in [0.5, 0.6) is 0 Å². The van der Waals surface area contributed by atoms with Crippen molar-refractivity contribution in [2.75, 3.05) is 11.4 Å². The minimum Gasteiger partial charge on any atom is -0.447 e. The van der Waals surface area contributed by atoms with E-state index < -0.39 is 35.6 Å². The van der Waals surface area contributed by atoms with Crippen LogP contribution in [0.3, 0.4) is 0 Å². The number of nitrogens with zero attached hydrogens (tertiary/aromatic N) is 4. The molecule has 1 aromatic carbocycles. The van der Waals surface area contributed by atoms with Crippen LogP contribution in [-0.2, 0) is 23.6 Å². The molecular weight excluding hydrogens is 558 g/mol. The number of anilines is 1. The summed E-state index contributed by atoms with van der Waals surface area (Å²) in [5.74, 6) is 0.114. The standard InChI is InChI=1S/C23H25BrF6N4O2/c1-4-18-8-19(12-34(18)21(35)36-13(2)3)33(20-31-9-17(24)10-32-20)11-14-5-15(22(25,26)27)7-16(6-14)23(28,29)30/h5-7,9-10,13,18-19H,4,8,11-12H2,1-3H3. The molecule has 1 fully saturated rings. The van der Waals surface area contributed by atoms with E-state index >= 15 is 0 Å². The molecule has 1 aliphatic heterocycles. The number of aromatic nitrogens is 2. The zero-order valence-corrected chi connectivity index (χ0v) is 21.3. The highest BCUT2D eigenvalue weighted by atomic mass is 79.9. The zero-order valence-electron chi connectivity index (χ0n) is 19.7. The molecule has 1 amide bonds. The van der Waals surface area contributed by atoms with Gasteiger partial charge in [0.2, 0.25) is 5.95 Å². The number of rotatable bonds is 6. The van der Waals surface area contributed by atoms with Crippen molar-refractivity contribution in [3.8, 4) is 0 Å². The molecular formula is C23H25BrF6N4O2. The molecule has 0 radical (unpaired) electrons. The minimum atomic E-state index is -4.97. The Labute approximate surface area is 212 Å². The lowest BCUT2D eigenvalue weighted by atomic mass is 10.0. The van der Waals surface area contributed by atoms with E-state index in [1.165, 1.54) is 22.2 Å². The van der Waals surface area contributed by atoms with E-state index in [0.717, 1.165) is 0 Å². The van der Waals surface area contributed by atoms with Crippen molar-refractivity contribution < 1.29 is 35.9 Å². The van der Waals surface area contributed by atoms with Crippen molar-refractivity contribution in [1.29, 1.82) is 0 Å². The smallest absolute Gasteiger partial charge is 0.416 e. The van der Waals surface area contributed by atoms with E-state index in [1.807, 2.05) is 6.92 Å². The second kappa shape index (κ2) is 10.8. The fourth-order valence-corrected chi connectivity index (χ4v) is 4.33. The van der Waals surface area contributed by atoms with Crippen molar-refractivity contribution in [1.82, 2.24) is 14.9 Å². The number of hydrogen-bond donors (Lipinski definition) is 0. The zero-order chi connectivity index (χ0) is 26.8. The van der Waals surface area contributed by atoms with Gasteiger partial charge in [0.25, 0.3) is 0 Å². The third-order valence-corrected chi connectivity index (χ3v) is 6.15. The lowest BCUT2D eigenvalue weighted by molar-refractivity contribution is -0.143. The Balaban J connectivity index is 2.01. The van der Waals surface area contributed by atoms with Crippen molar-refractivity contribution in [2.45, 2.75) is 70.7 Å². The molecule has 1 aliphatic rings. The summed E-state index contributed by atoms with van der Waals surface area (Å²) in [6.07, 6.45) is -6.96. The molecule has 0 bridgehead atoms.